The van der Waals surface area contributed by atoms with Gasteiger partial charge in [-0.25, -0.2) is 13.4 Å². The van der Waals surface area contributed by atoms with E-state index in [1.165, 1.54) is 4.31 Å². The van der Waals surface area contributed by atoms with Crippen LogP contribution in [0.3, 0.4) is 0 Å². The molecule has 10 heteroatoms. The Morgan fingerprint density at radius 3 is 2.47 bits per heavy atom. The number of carbonyl (C=O) groups excluding carboxylic acids is 1. The van der Waals surface area contributed by atoms with Gasteiger partial charge in [-0.15, -0.1) is 11.3 Å². The molecular formula is C22H31N5O3S2. The predicted octanol–water partition coefficient (Wildman–Crippen LogP) is 1.81. The predicted molar refractivity (Wildman–Crippen MR) is 127 cm³/mol. The Labute approximate surface area is 194 Å². The first-order valence-electron chi connectivity index (χ1n) is 11.1. The molecule has 1 aromatic heterocycles. The summed E-state index contributed by atoms with van der Waals surface area (Å²) in [6.07, 6.45) is 2.82. The van der Waals surface area contributed by atoms with Crippen molar-refractivity contribution in [3.8, 4) is 0 Å². The van der Waals surface area contributed by atoms with Gasteiger partial charge in [0.2, 0.25) is 15.9 Å². The van der Waals surface area contributed by atoms with Crippen molar-refractivity contribution in [2.75, 3.05) is 63.8 Å². The van der Waals surface area contributed by atoms with Gasteiger partial charge in [-0.05, 0) is 43.5 Å². The molecule has 0 bridgehead atoms. The van der Waals surface area contributed by atoms with Crippen LogP contribution in [0.4, 0.5) is 5.13 Å². The summed E-state index contributed by atoms with van der Waals surface area (Å²) in [7, 11) is -3.54. The van der Waals surface area contributed by atoms with Crippen molar-refractivity contribution < 1.29 is 13.2 Å². The number of rotatable bonds is 5. The lowest BCUT2D eigenvalue weighted by Gasteiger charge is -2.35. The van der Waals surface area contributed by atoms with E-state index >= 15 is 0 Å². The fraction of sp³-hybridized carbons (Fsp3) is 0.545. The maximum Gasteiger partial charge on any atom is 0.243 e. The fourth-order valence-electron chi connectivity index (χ4n) is 4.18. The number of thiazole rings is 1. The van der Waals surface area contributed by atoms with Gasteiger partial charge in [0.05, 0.1) is 11.4 Å². The van der Waals surface area contributed by atoms with Gasteiger partial charge >= 0.3 is 0 Å². The normalized spacial score (nSPS) is 19.2. The Balaban J connectivity index is 1.29. The highest BCUT2D eigenvalue weighted by Gasteiger charge is 2.31. The van der Waals surface area contributed by atoms with Crippen molar-refractivity contribution in [2.24, 2.45) is 0 Å². The third-order valence-electron chi connectivity index (χ3n) is 6.34. The Hall–Kier alpha value is -2.01. The first-order valence-corrected chi connectivity index (χ1v) is 13.4. The Morgan fingerprint density at radius 1 is 1.00 bits per heavy atom. The Bertz CT molecular complexity index is 1030. The van der Waals surface area contributed by atoms with Crippen molar-refractivity contribution in [3.05, 3.63) is 40.9 Å². The first-order chi connectivity index (χ1) is 15.3. The minimum absolute atomic E-state index is 0.0796. The summed E-state index contributed by atoms with van der Waals surface area (Å²) in [5.41, 5.74) is 2.04. The molecule has 0 N–H and O–H groups in total. The molecule has 4 rings (SSSR count). The van der Waals surface area contributed by atoms with Crippen LogP contribution in [0.5, 0.6) is 0 Å². The van der Waals surface area contributed by atoms with Crippen LogP contribution in [0.25, 0.3) is 0 Å². The highest BCUT2D eigenvalue weighted by atomic mass is 32.2. The van der Waals surface area contributed by atoms with E-state index in [0.29, 0.717) is 37.6 Å². The number of benzene rings is 1. The summed E-state index contributed by atoms with van der Waals surface area (Å²) in [5, 5.41) is 3.03. The number of amides is 1. The van der Waals surface area contributed by atoms with E-state index in [1.54, 1.807) is 28.4 Å². The van der Waals surface area contributed by atoms with Crippen molar-refractivity contribution in [1.82, 2.24) is 19.1 Å². The van der Waals surface area contributed by atoms with Crippen LogP contribution in [0.15, 0.2) is 34.7 Å². The maximum absolute atomic E-state index is 13.0. The van der Waals surface area contributed by atoms with Crippen molar-refractivity contribution in [1.29, 1.82) is 0 Å². The second-order valence-electron chi connectivity index (χ2n) is 8.46. The molecule has 174 valence electrons. The average Bonchev–Trinajstić information content (AvgIpc) is 3.22. The molecule has 0 radical (unpaired) electrons. The number of aromatic nitrogens is 1. The summed E-state index contributed by atoms with van der Waals surface area (Å²) in [6.45, 7) is 9.33. The summed E-state index contributed by atoms with van der Waals surface area (Å²) in [6, 6.07) is 5.25. The largest absolute Gasteiger partial charge is 0.347 e. The van der Waals surface area contributed by atoms with Crippen molar-refractivity contribution in [2.45, 2.75) is 25.2 Å². The molecular weight excluding hydrogens is 446 g/mol. The number of anilines is 1. The zero-order valence-electron chi connectivity index (χ0n) is 18.7. The third-order valence-corrected chi connectivity index (χ3v) is 9.07. The van der Waals surface area contributed by atoms with Gasteiger partial charge < -0.3 is 9.80 Å². The van der Waals surface area contributed by atoms with E-state index in [-0.39, 0.29) is 5.91 Å². The van der Waals surface area contributed by atoms with Crippen LogP contribution in [0.2, 0.25) is 0 Å². The Morgan fingerprint density at radius 2 is 1.78 bits per heavy atom. The van der Waals surface area contributed by atoms with Crippen LogP contribution in [0, 0.1) is 13.8 Å². The third kappa shape index (κ3) is 5.14. The second kappa shape index (κ2) is 9.86. The molecule has 2 fully saturated rings. The van der Waals surface area contributed by atoms with Gasteiger partial charge in [0.15, 0.2) is 5.13 Å². The van der Waals surface area contributed by atoms with Crippen LogP contribution in [0.1, 0.15) is 17.5 Å². The quantitative estimate of drug-likeness (QED) is 0.654. The molecule has 1 amide bonds. The molecule has 2 aromatic rings. The molecule has 0 unspecified atom stereocenters. The van der Waals surface area contributed by atoms with Gasteiger partial charge in [-0.1, -0.05) is 6.07 Å². The van der Waals surface area contributed by atoms with E-state index in [4.69, 9.17) is 0 Å². The van der Waals surface area contributed by atoms with Crippen molar-refractivity contribution in [3.63, 3.8) is 0 Å². The SMILES string of the molecule is Cc1ccc(S(=O)(=O)N2CCN(C(=O)CN3CCCN(c4nccs4)CC3)CC2)cc1C. The lowest BCUT2D eigenvalue weighted by Crippen LogP contribution is -2.52. The number of sulfonamides is 1. The molecule has 8 nitrogen and oxygen atoms in total. The zero-order valence-corrected chi connectivity index (χ0v) is 20.4. The molecule has 0 saturated carbocycles. The first kappa shape index (κ1) is 23.2. The number of piperazine rings is 1. The number of carbonyl (C=O) groups is 1. The average molecular weight is 478 g/mol. The van der Waals surface area contributed by atoms with Crippen LogP contribution < -0.4 is 4.90 Å². The number of nitrogens with zero attached hydrogens (tertiary/aromatic N) is 5. The van der Waals surface area contributed by atoms with Gasteiger partial charge in [0.25, 0.3) is 0 Å². The molecule has 0 atom stereocenters. The van der Waals surface area contributed by atoms with E-state index in [1.807, 2.05) is 31.5 Å². The minimum Gasteiger partial charge on any atom is -0.347 e. The van der Waals surface area contributed by atoms with E-state index in [2.05, 4.69) is 14.8 Å². The summed E-state index contributed by atoms with van der Waals surface area (Å²) < 4.78 is 27.5. The molecule has 2 saturated heterocycles. The van der Waals surface area contributed by atoms with Gasteiger partial charge in [0.1, 0.15) is 0 Å². The highest BCUT2D eigenvalue weighted by molar-refractivity contribution is 7.89. The highest BCUT2D eigenvalue weighted by Crippen LogP contribution is 2.21. The summed E-state index contributed by atoms with van der Waals surface area (Å²) >= 11 is 1.65. The van der Waals surface area contributed by atoms with Crippen LogP contribution >= 0.6 is 11.3 Å². The molecule has 32 heavy (non-hydrogen) atoms. The summed E-state index contributed by atoms with van der Waals surface area (Å²) in [4.78, 5) is 23.9. The van der Waals surface area contributed by atoms with E-state index < -0.39 is 10.0 Å². The fourth-order valence-corrected chi connectivity index (χ4v) is 6.39. The minimum atomic E-state index is -3.54. The lowest BCUT2D eigenvalue weighted by atomic mass is 10.1. The number of hydrogen-bond donors (Lipinski definition) is 0. The van der Waals surface area contributed by atoms with Crippen LogP contribution in [-0.4, -0.2) is 92.3 Å². The maximum atomic E-state index is 13.0. The van der Waals surface area contributed by atoms with Crippen LogP contribution in [-0.2, 0) is 14.8 Å². The summed E-state index contributed by atoms with van der Waals surface area (Å²) in [5.74, 6) is 0.0796. The standard InChI is InChI=1S/C22H31N5O3S2/c1-18-4-5-20(16-19(18)2)32(29,30)27-13-11-25(12-14-27)21(28)17-24-7-3-8-26(10-9-24)22-23-6-15-31-22/h4-6,15-16H,3,7-14,17H2,1-2H3. The molecule has 2 aliphatic rings. The number of aryl methyl sites for hydroxylation is 2. The lowest BCUT2D eigenvalue weighted by molar-refractivity contribution is -0.133. The van der Waals surface area contributed by atoms with Gasteiger partial charge in [0, 0.05) is 63.9 Å². The van der Waals surface area contributed by atoms with E-state index in [0.717, 1.165) is 48.9 Å². The molecule has 3 heterocycles. The monoisotopic (exact) mass is 477 g/mol. The molecule has 0 spiro atoms. The molecule has 1 aromatic carbocycles. The smallest absolute Gasteiger partial charge is 0.243 e. The number of hydrogen-bond acceptors (Lipinski definition) is 7. The molecule has 0 aliphatic carbocycles. The molecule has 2 aliphatic heterocycles. The zero-order chi connectivity index (χ0) is 22.7. The van der Waals surface area contributed by atoms with Gasteiger partial charge in [-0.2, -0.15) is 4.31 Å². The van der Waals surface area contributed by atoms with E-state index in [9.17, 15) is 13.2 Å². The van der Waals surface area contributed by atoms with Gasteiger partial charge in [-0.3, -0.25) is 9.69 Å². The van der Waals surface area contributed by atoms with Crippen molar-refractivity contribution >= 4 is 32.4 Å². The second-order valence-corrected chi connectivity index (χ2v) is 11.3. The topological polar surface area (TPSA) is 77.1 Å². The Kier molecular flexibility index (Phi) is 7.14.